The van der Waals surface area contributed by atoms with Crippen molar-refractivity contribution in [3.05, 3.63) is 71.0 Å². The number of fused-ring (bicyclic) bond motifs is 5. The third kappa shape index (κ3) is 3.82. The summed E-state index contributed by atoms with van der Waals surface area (Å²) in [6.07, 6.45) is 2.98. The Bertz CT molecular complexity index is 1490. The second-order valence-corrected chi connectivity index (χ2v) is 12.2. The lowest BCUT2D eigenvalue weighted by Crippen LogP contribution is -2.26. The van der Waals surface area contributed by atoms with Gasteiger partial charge in [-0.2, -0.15) is 0 Å². The Balaban J connectivity index is 1.68. The average Bonchev–Trinajstić information content (AvgIpc) is 3.11. The van der Waals surface area contributed by atoms with Crippen LogP contribution in [-0.4, -0.2) is 8.42 Å². The first-order valence-electron chi connectivity index (χ1n) is 11.6. The molecule has 0 bridgehead atoms. The highest BCUT2D eigenvalue weighted by atomic mass is 32.2. The maximum absolute atomic E-state index is 13.4. The molecule has 1 heterocycles. The molecule has 0 fully saturated rings. The fourth-order valence-electron chi connectivity index (χ4n) is 5.22. The third-order valence-corrected chi connectivity index (χ3v) is 8.67. The van der Waals surface area contributed by atoms with Crippen molar-refractivity contribution >= 4 is 37.5 Å². The van der Waals surface area contributed by atoms with Gasteiger partial charge in [-0.15, -0.1) is 0 Å². The van der Waals surface area contributed by atoms with Gasteiger partial charge in [0.1, 0.15) is 11.3 Å². The van der Waals surface area contributed by atoms with Crippen LogP contribution in [0.2, 0.25) is 0 Å². The lowest BCUT2D eigenvalue weighted by Gasteiger charge is -2.33. The molecule has 33 heavy (non-hydrogen) atoms. The van der Waals surface area contributed by atoms with Crippen molar-refractivity contribution in [2.75, 3.05) is 4.72 Å². The number of aryl methyl sites for hydroxylation is 3. The molecule has 0 radical (unpaired) electrons. The van der Waals surface area contributed by atoms with E-state index in [0.717, 1.165) is 57.9 Å². The van der Waals surface area contributed by atoms with Crippen molar-refractivity contribution in [2.24, 2.45) is 11.3 Å². The van der Waals surface area contributed by atoms with Gasteiger partial charge in [0.05, 0.1) is 10.6 Å². The van der Waals surface area contributed by atoms with Crippen LogP contribution in [0.4, 0.5) is 5.69 Å². The van der Waals surface area contributed by atoms with Gasteiger partial charge in [0.25, 0.3) is 10.0 Å². The highest BCUT2D eigenvalue weighted by Gasteiger charge is 2.32. The smallest absolute Gasteiger partial charge is 0.262 e. The molecule has 4 aromatic rings. The predicted octanol–water partition coefficient (Wildman–Crippen LogP) is 7.15. The first-order valence-corrected chi connectivity index (χ1v) is 13.1. The van der Waals surface area contributed by atoms with E-state index >= 15 is 0 Å². The summed E-state index contributed by atoms with van der Waals surface area (Å²) in [4.78, 5) is 0.305. The number of benzene rings is 3. The second-order valence-electron chi connectivity index (χ2n) is 10.5. The van der Waals surface area contributed by atoms with Crippen molar-refractivity contribution in [2.45, 2.75) is 58.8 Å². The van der Waals surface area contributed by atoms with Gasteiger partial charge in [-0.3, -0.25) is 4.72 Å². The van der Waals surface area contributed by atoms with E-state index < -0.39 is 10.0 Å². The minimum absolute atomic E-state index is 0.214. The van der Waals surface area contributed by atoms with Gasteiger partial charge in [-0.25, -0.2) is 8.42 Å². The summed E-state index contributed by atoms with van der Waals surface area (Å²) in [7, 11) is -3.74. The number of rotatable bonds is 3. The fourth-order valence-corrected chi connectivity index (χ4v) is 6.52. The lowest BCUT2D eigenvalue weighted by atomic mass is 9.71. The molecule has 0 spiro atoms. The van der Waals surface area contributed by atoms with Crippen LogP contribution in [0.15, 0.2) is 57.8 Å². The van der Waals surface area contributed by atoms with Crippen LogP contribution in [0.5, 0.6) is 0 Å². The lowest BCUT2D eigenvalue weighted by molar-refractivity contribution is 0.210. The number of hydrogen-bond acceptors (Lipinski definition) is 3. The van der Waals surface area contributed by atoms with Crippen LogP contribution < -0.4 is 4.72 Å². The fraction of sp³-hybridized carbons (Fsp3) is 0.357. The molecular formula is C28H31NO3S. The molecule has 3 aromatic carbocycles. The molecule has 0 saturated carbocycles. The maximum Gasteiger partial charge on any atom is 0.262 e. The van der Waals surface area contributed by atoms with E-state index in [2.05, 4.69) is 25.5 Å². The van der Waals surface area contributed by atoms with Crippen LogP contribution in [0.3, 0.4) is 0 Å². The van der Waals surface area contributed by atoms with E-state index in [1.54, 1.807) is 6.07 Å². The molecule has 1 N–H and O–H groups in total. The zero-order chi connectivity index (χ0) is 23.5. The Kier molecular flexibility index (Phi) is 5.09. The molecule has 1 unspecified atom stereocenters. The van der Waals surface area contributed by atoms with Crippen LogP contribution in [0.25, 0.3) is 21.7 Å². The number of anilines is 1. The van der Waals surface area contributed by atoms with Gasteiger partial charge in [-0.1, -0.05) is 62.7 Å². The molecule has 0 saturated heterocycles. The summed E-state index contributed by atoms with van der Waals surface area (Å²) < 4.78 is 36.1. The quantitative estimate of drug-likeness (QED) is 0.352. The average molecular weight is 462 g/mol. The van der Waals surface area contributed by atoms with Crippen molar-refractivity contribution in [3.8, 4) is 0 Å². The normalized spacial score (nSPS) is 16.8. The van der Waals surface area contributed by atoms with Crippen LogP contribution in [0, 0.1) is 25.2 Å². The number of sulfonamides is 1. The Labute approximate surface area is 196 Å². The van der Waals surface area contributed by atoms with Gasteiger partial charge < -0.3 is 4.42 Å². The highest BCUT2D eigenvalue weighted by molar-refractivity contribution is 7.92. The molecule has 0 aliphatic heterocycles. The topological polar surface area (TPSA) is 59.3 Å². The van der Waals surface area contributed by atoms with Crippen LogP contribution in [-0.2, 0) is 22.9 Å². The zero-order valence-electron chi connectivity index (χ0n) is 20.0. The molecule has 1 atom stereocenters. The molecule has 172 valence electrons. The predicted molar refractivity (Wildman–Crippen MR) is 135 cm³/mol. The van der Waals surface area contributed by atoms with Gasteiger partial charge in [0, 0.05) is 28.1 Å². The largest absolute Gasteiger partial charge is 0.460 e. The third-order valence-electron chi connectivity index (χ3n) is 7.14. The van der Waals surface area contributed by atoms with Crippen LogP contribution in [0.1, 0.15) is 49.6 Å². The van der Waals surface area contributed by atoms with Crippen molar-refractivity contribution in [3.63, 3.8) is 0 Å². The number of nitrogens with one attached hydrogen (secondary N) is 1. The van der Waals surface area contributed by atoms with Crippen molar-refractivity contribution in [1.29, 1.82) is 0 Å². The summed E-state index contributed by atoms with van der Waals surface area (Å²) in [5, 5.41) is 2.81. The molecule has 4 nitrogen and oxygen atoms in total. The van der Waals surface area contributed by atoms with E-state index in [-0.39, 0.29) is 5.41 Å². The Hall–Kier alpha value is -2.79. The zero-order valence-corrected chi connectivity index (χ0v) is 20.8. The van der Waals surface area contributed by atoms with E-state index in [4.69, 9.17) is 4.42 Å². The number of hydrogen-bond donors (Lipinski definition) is 1. The van der Waals surface area contributed by atoms with E-state index in [0.29, 0.717) is 16.5 Å². The van der Waals surface area contributed by atoms with E-state index in [1.165, 1.54) is 5.56 Å². The SMILES string of the molecule is Cc1ccc(S(=O)(=O)Nc2cc3c4c(oc3c3ccccc23)CCC(C(C)(C)C)C4)c(C)c1. The van der Waals surface area contributed by atoms with Gasteiger partial charge in [-0.05, 0) is 55.7 Å². The molecule has 5 heteroatoms. The highest BCUT2D eigenvalue weighted by Crippen LogP contribution is 2.44. The standard InChI is InChI=1S/C28H31NO3S/c1-17-10-13-26(18(2)14-17)33(30,31)29-24-16-23-22-15-19(28(3,4)5)11-12-25(22)32-27(23)21-9-7-6-8-20(21)24/h6-10,13-14,16,19,29H,11-12,15H2,1-5H3. The molecule has 1 aliphatic carbocycles. The molecule has 1 aromatic heterocycles. The Morgan fingerprint density at radius 3 is 2.39 bits per heavy atom. The Morgan fingerprint density at radius 1 is 0.970 bits per heavy atom. The molecule has 1 aliphatic rings. The minimum atomic E-state index is -3.74. The van der Waals surface area contributed by atoms with E-state index in [9.17, 15) is 8.42 Å². The van der Waals surface area contributed by atoms with Crippen LogP contribution >= 0.6 is 0 Å². The number of furan rings is 1. The summed E-state index contributed by atoms with van der Waals surface area (Å²) in [6.45, 7) is 10.7. The molecule has 0 amide bonds. The first kappa shape index (κ1) is 22.0. The second kappa shape index (κ2) is 7.63. The minimum Gasteiger partial charge on any atom is -0.460 e. The maximum atomic E-state index is 13.4. The van der Waals surface area contributed by atoms with Gasteiger partial charge in [0.2, 0.25) is 0 Å². The molecule has 5 rings (SSSR count). The summed E-state index contributed by atoms with van der Waals surface area (Å²) in [5.41, 5.74) is 4.68. The first-order chi connectivity index (χ1) is 15.5. The van der Waals surface area contributed by atoms with Gasteiger partial charge in [0.15, 0.2) is 0 Å². The summed E-state index contributed by atoms with van der Waals surface area (Å²) in [6, 6.07) is 15.3. The van der Waals surface area contributed by atoms with Gasteiger partial charge >= 0.3 is 0 Å². The van der Waals surface area contributed by atoms with Crippen molar-refractivity contribution in [1.82, 2.24) is 0 Å². The summed E-state index contributed by atoms with van der Waals surface area (Å²) >= 11 is 0. The van der Waals surface area contributed by atoms with Crippen molar-refractivity contribution < 1.29 is 12.8 Å². The molecular weight excluding hydrogens is 430 g/mol. The monoisotopic (exact) mass is 461 g/mol. The Morgan fingerprint density at radius 2 is 1.70 bits per heavy atom. The summed E-state index contributed by atoms with van der Waals surface area (Å²) in [5.74, 6) is 1.61. The van der Waals surface area contributed by atoms with E-state index in [1.807, 2.05) is 56.3 Å².